The predicted octanol–water partition coefficient (Wildman–Crippen LogP) is 3.58. The molecule has 0 radical (unpaired) electrons. The second-order valence-electron chi connectivity index (χ2n) is 4.31. The summed E-state index contributed by atoms with van der Waals surface area (Å²) in [4.78, 5) is 15.1. The van der Waals surface area contributed by atoms with Crippen LogP contribution in [0, 0.1) is 13.8 Å². The molecule has 2 N–H and O–H groups in total. The lowest BCUT2D eigenvalue weighted by molar-refractivity contribution is -0.115. The minimum atomic E-state index is -0.0102. The van der Waals surface area contributed by atoms with Crippen LogP contribution in [0.15, 0.2) is 34.8 Å². The molecule has 1 heterocycles. The maximum atomic E-state index is 11.9. The van der Waals surface area contributed by atoms with E-state index in [-0.39, 0.29) is 5.91 Å². The average molecular weight is 307 g/mol. The SMILES string of the molecule is Cc1cc(CC(=O)Nc2ccccc2Br)c(C)[nH]1. The molecule has 0 saturated heterocycles. The highest BCUT2D eigenvalue weighted by atomic mass is 79.9. The van der Waals surface area contributed by atoms with Gasteiger partial charge in [-0.15, -0.1) is 0 Å². The first-order valence-corrected chi connectivity index (χ1v) is 6.55. The smallest absolute Gasteiger partial charge is 0.228 e. The molecule has 0 bridgehead atoms. The Labute approximate surface area is 115 Å². The number of halogens is 1. The summed E-state index contributed by atoms with van der Waals surface area (Å²) < 4.78 is 0.889. The quantitative estimate of drug-likeness (QED) is 0.894. The third-order valence-corrected chi connectivity index (χ3v) is 3.45. The molecule has 2 rings (SSSR count). The third-order valence-electron chi connectivity index (χ3n) is 2.76. The van der Waals surface area contributed by atoms with Crippen molar-refractivity contribution in [2.75, 3.05) is 5.32 Å². The number of aryl methyl sites for hydroxylation is 2. The molecule has 94 valence electrons. The van der Waals surface area contributed by atoms with Crippen molar-refractivity contribution in [3.63, 3.8) is 0 Å². The zero-order valence-electron chi connectivity index (χ0n) is 10.4. The number of benzene rings is 1. The van der Waals surface area contributed by atoms with Gasteiger partial charge in [-0.05, 0) is 53.5 Å². The highest BCUT2D eigenvalue weighted by Gasteiger charge is 2.09. The second kappa shape index (κ2) is 5.40. The van der Waals surface area contributed by atoms with Crippen LogP contribution in [0.2, 0.25) is 0 Å². The van der Waals surface area contributed by atoms with E-state index in [0.717, 1.165) is 27.1 Å². The number of carbonyl (C=O) groups is 1. The largest absolute Gasteiger partial charge is 0.362 e. The first kappa shape index (κ1) is 12.9. The number of para-hydroxylation sites is 1. The van der Waals surface area contributed by atoms with Gasteiger partial charge in [0.05, 0.1) is 12.1 Å². The van der Waals surface area contributed by atoms with Crippen LogP contribution in [-0.4, -0.2) is 10.9 Å². The van der Waals surface area contributed by atoms with Gasteiger partial charge in [-0.3, -0.25) is 4.79 Å². The fourth-order valence-electron chi connectivity index (χ4n) is 1.90. The van der Waals surface area contributed by atoms with Crippen molar-refractivity contribution in [2.24, 2.45) is 0 Å². The van der Waals surface area contributed by atoms with E-state index in [1.54, 1.807) is 0 Å². The summed E-state index contributed by atoms with van der Waals surface area (Å²) in [6, 6.07) is 9.60. The van der Waals surface area contributed by atoms with E-state index in [9.17, 15) is 4.79 Å². The lowest BCUT2D eigenvalue weighted by Gasteiger charge is -2.06. The van der Waals surface area contributed by atoms with E-state index in [4.69, 9.17) is 0 Å². The van der Waals surface area contributed by atoms with E-state index < -0.39 is 0 Å². The molecule has 0 aliphatic carbocycles. The second-order valence-corrected chi connectivity index (χ2v) is 5.16. The Balaban J connectivity index is 2.06. The highest BCUT2D eigenvalue weighted by Crippen LogP contribution is 2.21. The Bertz CT molecular complexity index is 575. The van der Waals surface area contributed by atoms with Crippen LogP contribution in [0.5, 0.6) is 0 Å². The molecule has 0 aliphatic rings. The molecule has 2 aromatic rings. The summed E-state index contributed by atoms with van der Waals surface area (Å²) in [5.41, 5.74) is 3.97. The zero-order chi connectivity index (χ0) is 13.1. The zero-order valence-corrected chi connectivity index (χ0v) is 12.0. The van der Waals surface area contributed by atoms with Crippen LogP contribution in [-0.2, 0) is 11.2 Å². The molecule has 0 unspecified atom stereocenters. The third kappa shape index (κ3) is 3.01. The Hall–Kier alpha value is -1.55. The van der Waals surface area contributed by atoms with Gasteiger partial charge in [0.25, 0.3) is 0 Å². The molecule has 0 spiro atoms. The molecule has 0 saturated carbocycles. The molecule has 0 atom stereocenters. The molecule has 0 fully saturated rings. The normalized spacial score (nSPS) is 10.4. The molecule has 3 nitrogen and oxygen atoms in total. The standard InChI is InChI=1S/C14H15BrN2O/c1-9-7-11(10(2)16-9)8-14(18)17-13-6-4-3-5-12(13)15/h3-7,16H,8H2,1-2H3,(H,17,18). The summed E-state index contributed by atoms with van der Waals surface area (Å²) in [5.74, 6) is -0.0102. The monoisotopic (exact) mass is 306 g/mol. The van der Waals surface area contributed by atoms with Crippen molar-refractivity contribution >= 4 is 27.5 Å². The van der Waals surface area contributed by atoms with E-state index in [1.807, 2.05) is 44.2 Å². The summed E-state index contributed by atoms with van der Waals surface area (Å²) >= 11 is 3.41. The van der Waals surface area contributed by atoms with Crippen molar-refractivity contribution in [1.82, 2.24) is 4.98 Å². The lowest BCUT2D eigenvalue weighted by Crippen LogP contribution is -2.14. The van der Waals surface area contributed by atoms with Gasteiger partial charge < -0.3 is 10.3 Å². The Morgan fingerprint density at radius 3 is 2.67 bits per heavy atom. The first-order chi connectivity index (χ1) is 8.56. The van der Waals surface area contributed by atoms with Gasteiger partial charge in [0.2, 0.25) is 5.91 Å². The molecule has 1 amide bonds. The fourth-order valence-corrected chi connectivity index (χ4v) is 2.28. The molecule has 4 heteroatoms. The summed E-state index contributed by atoms with van der Waals surface area (Å²) in [5, 5.41) is 2.90. The van der Waals surface area contributed by atoms with Crippen molar-refractivity contribution in [3.8, 4) is 0 Å². The minimum absolute atomic E-state index is 0.0102. The number of H-pyrrole nitrogens is 1. The van der Waals surface area contributed by atoms with Crippen LogP contribution in [0.1, 0.15) is 17.0 Å². The van der Waals surface area contributed by atoms with Gasteiger partial charge in [-0.2, -0.15) is 0 Å². The van der Waals surface area contributed by atoms with Crippen LogP contribution in [0.4, 0.5) is 5.69 Å². The summed E-state index contributed by atoms with van der Waals surface area (Å²) in [6.07, 6.45) is 0.386. The van der Waals surface area contributed by atoms with Gasteiger partial charge in [0.1, 0.15) is 0 Å². The molecule has 1 aromatic carbocycles. The number of anilines is 1. The van der Waals surface area contributed by atoms with Crippen molar-refractivity contribution in [1.29, 1.82) is 0 Å². The van der Waals surface area contributed by atoms with Crippen LogP contribution in [0.3, 0.4) is 0 Å². The first-order valence-electron chi connectivity index (χ1n) is 5.75. The number of rotatable bonds is 3. The van der Waals surface area contributed by atoms with E-state index in [0.29, 0.717) is 6.42 Å². The molecular formula is C14H15BrN2O. The van der Waals surface area contributed by atoms with Crippen LogP contribution < -0.4 is 5.32 Å². The number of aromatic nitrogens is 1. The Morgan fingerprint density at radius 1 is 1.33 bits per heavy atom. The number of aromatic amines is 1. The predicted molar refractivity (Wildman–Crippen MR) is 76.7 cm³/mol. The minimum Gasteiger partial charge on any atom is -0.362 e. The maximum Gasteiger partial charge on any atom is 0.228 e. The Morgan fingerprint density at radius 2 is 2.06 bits per heavy atom. The van der Waals surface area contributed by atoms with E-state index in [2.05, 4.69) is 26.2 Å². The molecule has 1 aromatic heterocycles. The summed E-state index contributed by atoms with van der Waals surface area (Å²) in [7, 11) is 0. The van der Waals surface area contributed by atoms with E-state index in [1.165, 1.54) is 0 Å². The average Bonchev–Trinajstić information content (AvgIpc) is 2.61. The van der Waals surface area contributed by atoms with Gasteiger partial charge in [0.15, 0.2) is 0 Å². The van der Waals surface area contributed by atoms with Crippen molar-refractivity contribution in [2.45, 2.75) is 20.3 Å². The lowest BCUT2D eigenvalue weighted by atomic mass is 10.1. The van der Waals surface area contributed by atoms with Crippen molar-refractivity contribution < 1.29 is 4.79 Å². The van der Waals surface area contributed by atoms with Gasteiger partial charge >= 0.3 is 0 Å². The number of amides is 1. The number of nitrogens with one attached hydrogen (secondary N) is 2. The number of hydrogen-bond donors (Lipinski definition) is 2. The topological polar surface area (TPSA) is 44.9 Å². The maximum absolute atomic E-state index is 11.9. The van der Waals surface area contributed by atoms with Crippen molar-refractivity contribution in [3.05, 3.63) is 51.8 Å². The summed E-state index contributed by atoms with van der Waals surface area (Å²) in [6.45, 7) is 3.97. The van der Waals surface area contributed by atoms with Crippen LogP contribution in [0.25, 0.3) is 0 Å². The molecule has 0 aliphatic heterocycles. The van der Waals surface area contributed by atoms with Gasteiger partial charge in [-0.25, -0.2) is 0 Å². The fraction of sp³-hybridized carbons (Fsp3) is 0.214. The highest BCUT2D eigenvalue weighted by molar-refractivity contribution is 9.10. The van der Waals surface area contributed by atoms with Gasteiger partial charge in [0, 0.05) is 15.9 Å². The van der Waals surface area contributed by atoms with E-state index >= 15 is 0 Å². The molecule has 18 heavy (non-hydrogen) atoms. The molecular weight excluding hydrogens is 292 g/mol. The van der Waals surface area contributed by atoms with Crippen LogP contribution >= 0.6 is 15.9 Å². The Kier molecular flexibility index (Phi) is 3.87. The van der Waals surface area contributed by atoms with Gasteiger partial charge in [-0.1, -0.05) is 12.1 Å². The number of hydrogen-bond acceptors (Lipinski definition) is 1. The number of carbonyl (C=O) groups excluding carboxylic acids is 1.